The Morgan fingerprint density at radius 3 is 2.85 bits per heavy atom. The first-order valence-corrected chi connectivity index (χ1v) is 9.74. The van der Waals surface area contributed by atoms with E-state index >= 15 is 0 Å². The largest absolute Gasteiger partial charge is 0.343 e. The molecule has 4 rings (SSSR count). The second kappa shape index (κ2) is 7.45. The number of carbonyl (C=O) groups excluding carboxylic acids is 1. The normalized spacial score (nSPS) is 10.9. The number of rotatable bonds is 5. The molecule has 0 aliphatic carbocycles. The molecule has 0 fully saturated rings. The molecule has 0 saturated carbocycles. The summed E-state index contributed by atoms with van der Waals surface area (Å²) in [6.07, 6.45) is 1.82. The summed E-state index contributed by atoms with van der Waals surface area (Å²) in [6, 6.07) is 11.7. The van der Waals surface area contributed by atoms with Crippen LogP contribution in [-0.4, -0.2) is 25.8 Å². The van der Waals surface area contributed by atoms with Gasteiger partial charge in [0.15, 0.2) is 0 Å². The molecule has 9 heteroatoms. The van der Waals surface area contributed by atoms with Crippen molar-refractivity contribution in [2.75, 3.05) is 0 Å². The van der Waals surface area contributed by atoms with Crippen molar-refractivity contribution in [2.45, 2.75) is 13.5 Å². The summed E-state index contributed by atoms with van der Waals surface area (Å²) < 4.78 is 7.86. The lowest BCUT2D eigenvalue weighted by Crippen LogP contribution is -2.22. The van der Waals surface area contributed by atoms with Gasteiger partial charge in [-0.25, -0.2) is 4.68 Å². The van der Waals surface area contributed by atoms with Crippen LogP contribution in [0.1, 0.15) is 21.3 Å². The highest BCUT2D eigenvalue weighted by atomic mass is 79.9. The Morgan fingerprint density at radius 2 is 2.11 bits per heavy atom. The highest BCUT2D eigenvalue weighted by Crippen LogP contribution is 2.22. The lowest BCUT2D eigenvalue weighted by molar-refractivity contribution is 0.0907. The lowest BCUT2D eigenvalue weighted by atomic mass is 10.2. The van der Waals surface area contributed by atoms with Crippen molar-refractivity contribution in [3.63, 3.8) is 0 Å². The van der Waals surface area contributed by atoms with Crippen molar-refractivity contribution in [1.29, 1.82) is 0 Å². The summed E-state index contributed by atoms with van der Waals surface area (Å²) in [5.74, 6) is -0.144. The zero-order valence-corrected chi connectivity index (χ0v) is 16.6. The van der Waals surface area contributed by atoms with Crippen LogP contribution in [0.2, 0.25) is 0 Å². The van der Waals surface area contributed by atoms with Crippen LogP contribution in [0, 0.1) is 6.92 Å². The number of benzene rings is 1. The number of thiophene rings is 1. The van der Waals surface area contributed by atoms with Crippen LogP contribution in [0.3, 0.4) is 0 Å². The molecule has 27 heavy (non-hydrogen) atoms. The molecule has 1 aromatic carbocycles. The van der Waals surface area contributed by atoms with Crippen molar-refractivity contribution in [1.82, 2.24) is 25.2 Å². The Hall–Kier alpha value is -2.78. The summed E-state index contributed by atoms with van der Waals surface area (Å²) in [5.41, 5.74) is 2.35. The lowest BCUT2D eigenvalue weighted by Gasteiger charge is -2.00. The van der Waals surface area contributed by atoms with Gasteiger partial charge in [-0.3, -0.25) is 4.79 Å². The zero-order valence-electron chi connectivity index (χ0n) is 14.2. The average molecular weight is 444 g/mol. The van der Waals surface area contributed by atoms with E-state index in [0.717, 1.165) is 20.7 Å². The first kappa shape index (κ1) is 17.6. The van der Waals surface area contributed by atoms with Crippen LogP contribution in [0.4, 0.5) is 0 Å². The van der Waals surface area contributed by atoms with E-state index in [0.29, 0.717) is 17.9 Å². The van der Waals surface area contributed by atoms with E-state index in [-0.39, 0.29) is 5.89 Å². The molecule has 7 nitrogen and oxygen atoms in total. The zero-order chi connectivity index (χ0) is 18.8. The Kier molecular flexibility index (Phi) is 4.87. The quantitative estimate of drug-likeness (QED) is 0.503. The van der Waals surface area contributed by atoms with E-state index < -0.39 is 5.91 Å². The smallest absolute Gasteiger partial charge is 0.316 e. The molecule has 0 atom stereocenters. The molecular formula is C18H14BrN5O2S. The summed E-state index contributed by atoms with van der Waals surface area (Å²) in [6.45, 7) is 2.28. The first-order chi connectivity index (χ1) is 13.1. The Balaban J connectivity index is 1.52. The van der Waals surface area contributed by atoms with E-state index in [1.165, 1.54) is 0 Å². The fourth-order valence-electron chi connectivity index (χ4n) is 2.49. The number of hydrogen-bond acceptors (Lipinski definition) is 6. The second-order valence-electron chi connectivity index (χ2n) is 5.73. The molecular weight excluding hydrogens is 430 g/mol. The van der Waals surface area contributed by atoms with Crippen molar-refractivity contribution in [3.05, 3.63) is 68.9 Å². The van der Waals surface area contributed by atoms with Gasteiger partial charge in [0.1, 0.15) is 0 Å². The molecule has 1 amide bonds. The van der Waals surface area contributed by atoms with E-state index in [2.05, 4.69) is 36.5 Å². The first-order valence-electron chi connectivity index (χ1n) is 8.07. The fourth-order valence-corrected chi connectivity index (χ4v) is 3.40. The van der Waals surface area contributed by atoms with Crippen molar-refractivity contribution < 1.29 is 9.32 Å². The van der Waals surface area contributed by atoms with Gasteiger partial charge in [-0.1, -0.05) is 27.2 Å². The van der Waals surface area contributed by atoms with Crippen LogP contribution in [0.5, 0.6) is 0 Å². The molecule has 1 N–H and O–H groups in total. The number of amides is 1. The molecule has 3 aromatic heterocycles. The minimum absolute atomic E-state index is 0.0719. The minimum atomic E-state index is -0.403. The number of aryl methyl sites for hydroxylation is 1. The molecule has 0 aliphatic heterocycles. The van der Waals surface area contributed by atoms with Gasteiger partial charge < -0.3 is 9.84 Å². The van der Waals surface area contributed by atoms with Crippen LogP contribution >= 0.6 is 27.3 Å². The summed E-state index contributed by atoms with van der Waals surface area (Å²) >= 11 is 4.99. The summed E-state index contributed by atoms with van der Waals surface area (Å²) in [4.78, 5) is 17.5. The Morgan fingerprint density at radius 1 is 1.30 bits per heavy atom. The van der Waals surface area contributed by atoms with Crippen LogP contribution in [-0.2, 0) is 6.54 Å². The number of nitrogens with one attached hydrogen (secondary N) is 1. The van der Waals surface area contributed by atoms with Gasteiger partial charge in [0, 0.05) is 15.5 Å². The molecule has 136 valence electrons. The molecule has 0 aliphatic rings. The van der Waals surface area contributed by atoms with Gasteiger partial charge in [0.25, 0.3) is 0 Å². The topological polar surface area (TPSA) is 85.8 Å². The van der Waals surface area contributed by atoms with Gasteiger partial charge in [0.2, 0.25) is 5.82 Å². The van der Waals surface area contributed by atoms with Crippen molar-refractivity contribution in [2.24, 2.45) is 0 Å². The predicted molar refractivity (Wildman–Crippen MR) is 105 cm³/mol. The third-order valence-corrected chi connectivity index (χ3v) is 5.26. The summed E-state index contributed by atoms with van der Waals surface area (Å²) in [7, 11) is 0. The van der Waals surface area contributed by atoms with E-state index in [1.54, 1.807) is 16.0 Å². The minimum Gasteiger partial charge on any atom is -0.343 e. The standard InChI is InChI=1S/C18H14BrN5O2S/c1-11-15(10-24(22-11)13-6-4-12(19)5-7-13)16-21-18(26-23-16)17(25)20-9-14-3-2-8-27-14/h2-8,10H,9H2,1H3,(H,20,25). The van der Waals surface area contributed by atoms with Crippen LogP contribution < -0.4 is 5.32 Å². The predicted octanol–water partition coefficient (Wildman–Crippen LogP) is 3.98. The number of carbonyl (C=O) groups is 1. The van der Waals surface area contributed by atoms with Crippen LogP contribution in [0.15, 0.2) is 57.0 Å². The average Bonchev–Trinajstić information content (AvgIpc) is 3.41. The maximum atomic E-state index is 12.2. The molecule has 0 radical (unpaired) electrons. The number of aromatic nitrogens is 4. The molecule has 0 spiro atoms. The van der Waals surface area contributed by atoms with Gasteiger partial charge in [-0.15, -0.1) is 11.3 Å². The Bertz CT molecular complexity index is 1070. The number of halogens is 1. The highest BCUT2D eigenvalue weighted by Gasteiger charge is 2.19. The van der Waals surface area contributed by atoms with Crippen LogP contribution in [0.25, 0.3) is 17.1 Å². The number of nitrogens with zero attached hydrogens (tertiary/aromatic N) is 4. The maximum absolute atomic E-state index is 12.2. The van der Waals surface area contributed by atoms with E-state index in [1.807, 2.05) is 54.9 Å². The summed E-state index contributed by atoms with van der Waals surface area (Å²) in [5, 5.41) is 13.1. The van der Waals surface area contributed by atoms with Gasteiger partial charge in [-0.05, 0) is 42.6 Å². The molecule has 0 bridgehead atoms. The van der Waals surface area contributed by atoms with Gasteiger partial charge in [0.05, 0.1) is 23.5 Å². The monoisotopic (exact) mass is 443 g/mol. The van der Waals surface area contributed by atoms with E-state index in [9.17, 15) is 4.79 Å². The number of hydrogen-bond donors (Lipinski definition) is 1. The molecule has 0 unspecified atom stereocenters. The molecule has 3 heterocycles. The third-order valence-electron chi connectivity index (χ3n) is 3.85. The fraction of sp³-hybridized carbons (Fsp3) is 0.111. The molecule has 0 saturated heterocycles. The Labute approximate surface area is 167 Å². The maximum Gasteiger partial charge on any atom is 0.316 e. The SMILES string of the molecule is Cc1nn(-c2ccc(Br)cc2)cc1-c1noc(C(=O)NCc2cccs2)n1. The second-order valence-corrected chi connectivity index (χ2v) is 7.68. The highest BCUT2D eigenvalue weighted by molar-refractivity contribution is 9.10. The van der Waals surface area contributed by atoms with Crippen molar-refractivity contribution >= 4 is 33.2 Å². The molecule has 4 aromatic rings. The van der Waals surface area contributed by atoms with Gasteiger partial charge >= 0.3 is 11.8 Å². The third kappa shape index (κ3) is 3.83. The van der Waals surface area contributed by atoms with Crippen molar-refractivity contribution in [3.8, 4) is 17.1 Å². The van der Waals surface area contributed by atoms with Gasteiger partial charge in [-0.2, -0.15) is 10.1 Å². The van der Waals surface area contributed by atoms with E-state index in [4.69, 9.17) is 4.52 Å².